The lowest BCUT2D eigenvalue weighted by atomic mass is 10.1. The molecule has 5 rings (SSSR count). The van der Waals surface area contributed by atoms with Crippen LogP contribution in [0.15, 0.2) is 30.5 Å². The summed E-state index contributed by atoms with van der Waals surface area (Å²) in [4.78, 5) is 29.2. The van der Waals surface area contributed by atoms with Gasteiger partial charge in [-0.05, 0) is 45.9 Å². The molecular weight excluding hydrogens is 440 g/mol. The molecule has 0 spiro atoms. The van der Waals surface area contributed by atoms with Gasteiger partial charge < -0.3 is 9.64 Å². The molecule has 0 radical (unpaired) electrons. The normalized spacial score (nSPS) is 18.5. The highest BCUT2D eigenvalue weighted by Gasteiger charge is 2.30. The highest BCUT2D eigenvalue weighted by atomic mass is 19.1. The number of aryl methyl sites for hydroxylation is 3. The second kappa shape index (κ2) is 8.60. The molecule has 1 aromatic carbocycles. The van der Waals surface area contributed by atoms with Crippen LogP contribution in [0.1, 0.15) is 35.9 Å². The predicted molar refractivity (Wildman–Crippen MR) is 122 cm³/mol. The van der Waals surface area contributed by atoms with Crippen LogP contribution >= 0.6 is 0 Å². The topological polar surface area (TPSA) is 89.8 Å². The van der Waals surface area contributed by atoms with Crippen LogP contribution in [0.25, 0.3) is 22.4 Å². The van der Waals surface area contributed by atoms with Crippen molar-refractivity contribution in [2.24, 2.45) is 0 Å². The van der Waals surface area contributed by atoms with Gasteiger partial charge in [0.05, 0.1) is 29.7 Å². The minimum Gasteiger partial charge on any atom is -0.365 e. The smallest absolute Gasteiger partial charge is 0.228 e. The average molecular weight is 463 g/mol. The molecule has 2 atom stereocenters. The minimum atomic E-state index is -0.726. The lowest BCUT2D eigenvalue weighted by Crippen LogP contribution is -2.44. The van der Waals surface area contributed by atoms with Crippen molar-refractivity contribution in [3.63, 3.8) is 0 Å². The van der Waals surface area contributed by atoms with Gasteiger partial charge in [-0.15, -0.1) is 0 Å². The Morgan fingerprint density at radius 2 is 1.74 bits per heavy atom. The van der Waals surface area contributed by atoms with E-state index < -0.39 is 11.6 Å². The van der Waals surface area contributed by atoms with Gasteiger partial charge >= 0.3 is 0 Å². The second-order valence-corrected chi connectivity index (χ2v) is 8.43. The zero-order valence-corrected chi connectivity index (χ0v) is 19.3. The van der Waals surface area contributed by atoms with Gasteiger partial charge in [-0.25, -0.2) is 33.7 Å². The number of halogens is 2. The molecule has 0 bridgehead atoms. The molecular formula is C24H23F2N7O. The Bertz CT molecular complexity index is 1400. The number of aromatic nitrogens is 6. The Labute approximate surface area is 195 Å². The van der Waals surface area contributed by atoms with E-state index in [2.05, 4.69) is 24.9 Å². The van der Waals surface area contributed by atoms with E-state index in [4.69, 9.17) is 9.72 Å². The monoisotopic (exact) mass is 463 g/mol. The molecule has 10 heteroatoms. The van der Waals surface area contributed by atoms with E-state index in [1.807, 2.05) is 38.7 Å². The molecule has 1 fully saturated rings. The van der Waals surface area contributed by atoms with E-state index in [9.17, 15) is 8.78 Å². The largest absolute Gasteiger partial charge is 0.365 e. The molecule has 3 aromatic heterocycles. The van der Waals surface area contributed by atoms with Gasteiger partial charge in [0.1, 0.15) is 34.8 Å². The maximum atomic E-state index is 14.8. The molecule has 1 saturated heterocycles. The van der Waals surface area contributed by atoms with E-state index in [1.54, 1.807) is 6.20 Å². The molecule has 0 aliphatic carbocycles. The van der Waals surface area contributed by atoms with Gasteiger partial charge in [0.25, 0.3) is 0 Å². The average Bonchev–Trinajstić information content (AvgIpc) is 2.79. The number of benzene rings is 1. The van der Waals surface area contributed by atoms with Crippen LogP contribution in [-0.4, -0.2) is 49.1 Å². The predicted octanol–water partition coefficient (Wildman–Crippen LogP) is 4.05. The molecule has 1 aliphatic heterocycles. The Morgan fingerprint density at radius 1 is 0.941 bits per heavy atom. The van der Waals surface area contributed by atoms with Crippen molar-refractivity contribution in [2.75, 3.05) is 18.0 Å². The van der Waals surface area contributed by atoms with Crippen molar-refractivity contribution in [2.45, 2.75) is 39.9 Å². The lowest BCUT2D eigenvalue weighted by molar-refractivity contribution is -0.0201. The van der Waals surface area contributed by atoms with Crippen LogP contribution in [0.3, 0.4) is 0 Å². The van der Waals surface area contributed by atoms with Crippen LogP contribution in [-0.2, 0) is 4.74 Å². The first-order valence-corrected chi connectivity index (χ1v) is 11.0. The number of hydrogen-bond donors (Lipinski definition) is 0. The number of hydrogen-bond acceptors (Lipinski definition) is 8. The molecule has 0 saturated carbocycles. The molecule has 0 unspecified atom stereocenters. The first-order valence-electron chi connectivity index (χ1n) is 11.0. The summed E-state index contributed by atoms with van der Waals surface area (Å²) in [5, 5.41) is 0. The highest BCUT2D eigenvalue weighted by molar-refractivity contribution is 5.88. The fourth-order valence-corrected chi connectivity index (χ4v) is 4.04. The second-order valence-electron chi connectivity index (χ2n) is 8.43. The minimum absolute atomic E-state index is 0.134. The Balaban J connectivity index is 1.64. The van der Waals surface area contributed by atoms with Crippen LogP contribution in [0, 0.1) is 32.4 Å². The first-order chi connectivity index (χ1) is 16.3. The standard InChI is InChI=1S/C24H23F2N7O/c1-12-10-33(11-20(34-12)19-7-8-27-15(4)30-19)24-31-21(17-6-5-16(25)9-18(17)26)22-23(32-24)29-14(3)13(2)28-22/h5-9,12,20H,10-11H2,1-4H3/t12-,20+/m0/s1. The molecule has 4 heterocycles. The quantitative estimate of drug-likeness (QED) is 0.450. The Morgan fingerprint density at radius 3 is 2.50 bits per heavy atom. The number of fused-ring (bicyclic) bond motifs is 1. The van der Waals surface area contributed by atoms with Gasteiger partial charge in [-0.3, -0.25) is 0 Å². The van der Waals surface area contributed by atoms with E-state index in [0.717, 1.165) is 11.8 Å². The van der Waals surface area contributed by atoms with Gasteiger partial charge in [0.15, 0.2) is 5.65 Å². The zero-order valence-electron chi connectivity index (χ0n) is 19.3. The zero-order chi connectivity index (χ0) is 24.0. The molecule has 4 aromatic rings. The maximum Gasteiger partial charge on any atom is 0.228 e. The number of rotatable bonds is 3. The van der Waals surface area contributed by atoms with Crippen molar-refractivity contribution < 1.29 is 13.5 Å². The molecule has 8 nitrogen and oxygen atoms in total. The molecule has 0 amide bonds. The lowest BCUT2D eigenvalue weighted by Gasteiger charge is -2.36. The SMILES string of the molecule is Cc1nccc([C@H]2CN(c3nc(-c4ccc(F)cc4F)c4nc(C)c(C)nc4n3)C[C@H](C)O2)n1. The van der Waals surface area contributed by atoms with Crippen molar-refractivity contribution >= 4 is 17.1 Å². The fraction of sp³-hybridized carbons (Fsp3) is 0.333. The van der Waals surface area contributed by atoms with Crippen molar-refractivity contribution in [1.82, 2.24) is 29.9 Å². The van der Waals surface area contributed by atoms with E-state index in [0.29, 0.717) is 47.4 Å². The third-order valence-corrected chi connectivity index (χ3v) is 5.79. The van der Waals surface area contributed by atoms with Crippen molar-refractivity contribution in [3.05, 3.63) is 65.0 Å². The summed E-state index contributed by atoms with van der Waals surface area (Å²) in [5.74, 6) is -0.365. The van der Waals surface area contributed by atoms with E-state index in [-0.39, 0.29) is 23.5 Å². The van der Waals surface area contributed by atoms with Gasteiger partial charge in [-0.1, -0.05) is 0 Å². The summed E-state index contributed by atoms with van der Waals surface area (Å²) in [6.07, 6.45) is 1.25. The molecule has 174 valence electrons. The van der Waals surface area contributed by atoms with Gasteiger partial charge in [-0.2, -0.15) is 4.98 Å². The van der Waals surface area contributed by atoms with Crippen molar-refractivity contribution in [3.8, 4) is 11.3 Å². The van der Waals surface area contributed by atoms with Gasteiger partial charge in [0.2, 0.25) is 5.95 Å². The summed E-state index contributed by atoms with van der Waals surface area (Å²) in [5.41, 5.74) is 3.28. The molecule has 34 heavy (non-hydrogen) atoms. The summed E-state index contributed by atoms with van der Waals surface area (Å²) in [6, 6.07) is 5.22. The summed E-state index contributed by atoms with van der Waals surface area (Å²) in [6.45, 7) is 8.41. The fourth-order valence-electron chi connectivity index (χ4n) is 4.04. The Hall–Kier alpha value is -3.66. The number of ether oxygens (including phenoxy) is 1. The van der Waals surface area contributed by atoms with Crippen molar-refractivity contribution in [1.29, 1.82) is 0 Å². The summed E-state index contributed by atoms with van der Waals surface area (Å²) in [7, 11) is 0. The number of nitrogens with zero attached hydrogens (tertiary/aromatic N) is 7. The van der Waals surface area contributed by atoms with Crippen LogP contribution in [0.4, 0.5) is 14.7 Å². The molecule has 1 aliphatic rings. The van der Waals surface area contributed by atoms with Gasteiger partial charge in [0, 0.05) is 24.4 Å². The Kier molecular flexibility index (Phi) is 5.60. The maximum absolute atomic E-state index is 14.8. The van der Waals surface area contributed by atoms with Crippen LogP contribution in [0.2, 0.25) is 0 Å². The third-order valence-electron chi connectivity index (χ3n) is 5.79. The van der Waals surface area contributed by atoms with Crippen LogP contribution < -0.4 is 4.90 Å². The van der Waals surface area contributed by atoms with E-state index in [1.165, 1.54) is 12.1 Å². The third kappa shape index (κ3) is 4.16. The van der Waals surface area contributed by atoms with E-state index >= 15 is 0 Å². The molecule has 0 N–H and O–H groups in total. The summed E-state index contributed by atoms with van der Waals surface area (Å²) >= 11 is 0. The summed E-state index contributed by atoms with van der Waals surface area (Å²) < 4.78 is 34.5. The van der Waals surface area contributed by atoms with Crippen LogP contribution in [0.5, 0.6) is 0 Å². The number of anilines is 1. The first kappa shape index (κ1) is 22.1. The highest BCUT2D eigenvalue weighted by Crippen LogP contribution is 2.32. The number of morpholine rings is 1.